The molecule has 10 nitrogen and oxygen atoms in total. The van der Waals surface area contributed by atoms with Crippen molar-refractivity contribution in [2.75, 3.05) is 24.5 Å². The highest BCUT2D eigenvalue weighted by molar-refractivity contribution is 5.92. The summed E-state index contributed by atoms with van der Waals surface area (Å²) in [5.41, 5.74) is 0.566. The average molecular weight is 396 g/mol. The minimum absolute atomic E-state index is 0.151. The van der Waals surface area contributed by atoms with Gasteiger partial charge in [-0.15, -0.1) is 15.3 Å². The van der Waals surface area contributed by atoms with E-state index in [1.54, 1.807) is 4.52 Å². The van der Waals surface area contributed by atoms with Gasteiger partial charge in [0.15, 0.2) is 11.5 Å². The Morgan fingerprint density at radius 2 is 1.90 bits per heavy atom. The molecule has 3 aromatic rings. The van der Waals surface area contributed by atoms with E-state index < -0.39 is 0 Å². The minimum Gasteiger partial charge on any atom is -0.354 e. The maximum atomic E-state index is 12.2. The second-order valence-electron chi connectivity index (χ2n) is 8.40. The normalized spacial score (nSPS) is 14.8. The molecule has 152 valence electrons. The lowest BCUT2D eigenvalue weighted by Crippen LogP contribution is -2.52. The van der Waals surface area contributed by atoms with Gasteiger partial charge in [0.25, 0.3) is 11.5 Å². The molecule has 1 amide bonds. The molecule has 0 spiro atoms. The fourth-order valence-corrected chi connectivity index (χ4v) is 3.25. The van der Waals surface area contributed by atoms with Gasteiger partial charge in [0.05, 0.1) is 0 Å². The molecular formula is C19H24N8O2. The lowest BCUT2D eigenvalue weighted by Gasteiger charge is -2.40. The fraction of sp³-hybridized carbons (Fsp3) is 0.474. The van der Waals surface area contributed by atoms with Crippen molar-refractivity contribution in [3.05, 3.63) is 46.1 Å². The molecule has 0 radical (unpaired) electrons. The minimum atomic E-state index is -0.280. The van der Waals surface area contributed by atoms with Crippen molar-refractivity contribution in [2.45, 2.75) is 26.2 Å². The lowest BCUT2D eigenvalue weighted by atomic mass is 9.96. The van der Waals surface area contributed by atoms with Crippen LogP contribution < -0.4 is 15.8 Å². The van der Waals surface area contributed by atoms with Gasteiger partial charge in [-0.05, 0) is 18.2 Å². The van der Waals surface area contributed by atoms with Gasteiger partial charge >= 0.3 is 0 Å². The SMILES string of the molecule is Cn1nc(C(=O)NCC2CN(c3ccc4nnc(C(C)(C)C)n4n3)C2)ccc1=O. The standard InChI is InChI=1S/C19H24N8O2/c1-19(2,3)18-22-21-14-6-7-15(24-27(14)18)26-10-12(11-26)9-20-17(29)13-5-8-16(28)25(4)23-13/h5-8,12H,9-11H2,1-4H3,(H,20,29). The number of aryl methyl sites for hydroxylation is 1. The van der Waals surface area contributed by atoms with Crippen molar-refractivity contribution in [3.8, 4) is 0 Å². The Morgan fingerprint density at radius 3 is 2.59 bits per heavy atom. The van der Waals surface area contributed by atoms with Crippen LogP contribution in [-0.2, 0) is 12.5 Å². The molecule has 1 fully saturated rings. The third-order valence-corrected chi connectivity index (χ3v) is 4.95. The highest BCUT2D eigenvalue weighted by Gasteiger charge is 2.29. The maximum Gasteiger partial charge on any atom is 0.271 e. The zero-order valence-corrected chi connectivity index (χ0v) is 17.0. The molecule has 0 atom stereocenters. The second-order valence-corrected chi connectivity index (χ2v) is 8.40. The van der Waals surface area contributed by atoms with Gasteiger partial charge in [0.2, 0.25) is 0 Å². The summed E-state index contributed by atoms with van der Waals surface area (Å²) in [5, 5.41) is 20.0. The number of carbonyl (C=O) groups is 1. The number of rotatable bonds is 4. The number of aromatic nitrogens is 6. The fourth-order valence-electron chi connectivity index (χ4n) is 3.25. The summed E-state index contributed by atoms with van der Waals surface area (Å²) in [6.45, 7) is 8.39. The van der Waals surface area contributed by atoms with E-state index in [0.717, 1.165) is 35.1 Å². The summed E-state index contributed by atoms with van der Waals surface area (Å²) in [6.07, 6.45) is 0. The molecule has 0 aromatic carbocycles. The van der Waals surface area contributed by atoms with Crippen LogP contribution in [0.25, 0.3) is 5.65 Å². The summed E-state index contributed by atoms with van der Waals surface area (Å²) in [7, 11) is 1.52. The van der Waals surface area contributed by atoms with Crippen LogP contribution in [0.1, 0.15) is 37.1 Å². The molecule has 1 saturated heterocycles. The molecule has 10 heteroatoms. The van der Waals surface area contributed by atoms with E-state index in [2.05, 4.69) is 46.3 Å². The number of hydrogen-bond donors (Lipinski definition) is 1. The van der Waals surface area contributed by atoms with Crippen molar-refractivity contribution in [3.63, 3.8) is 0 Å². The predicted octanol–water partition coefficient (Wildman–Crippen LogP) is 0.382. The second kappa shape index (κ2) is 6.94. The number of amides is 1. The van der Waals surface area contributed by atoms with Gasteiger partial charge in [-0.2, -0.15) is 9.61 Å². The smallest absolute Gasteiger partial charge is 0.271 e. The van der Waals surface area contributed by atoms with Crippen LogP contribution in [0, 0.1) is 5.92 Å². The molecule has 0 saturated carbocycles. The molecule has 0 unspecified atom stereocenters. The first-order valence-corrected chi connectivity index (χ1v) is 9.53. The van der Waals surface area contributed by atoms with Gasteiger partial charge in [0, 0.05) is 44.1 Å². The Bertz CT molecular complexity index is 1120. The zero-order valence-electron chi connectivity index (χ0n) is 17.0. The topological polar surface area (TPSA) is 110 Å². The van der Waals surface area contributed by atoms with Gasteiger partial charge in [-0.3, -0.25) is 9.59 Å². The summed E-state index contributed by atoms with van der Waals surface area (Å²) in [4.78, 5) is 25.8. The van der Waals surface area contributed by atoms with E-state index in [1.165, 1.54) is 19.2 Å². The highest BCUT2D eigenvalue weighted by Crippen LogP contribution is 2.25. The molecule has 3 aromatic heterocycles. The summed E-state index contributed by atoms with van der Waals surface area (Å²) in [5.74, 6) is 1.73. The van der Waals surface area contributed by atoms with E-state index in [0.29, 0.717) is 12.5 Å². The summed E-state index contributed by atoms with van der Waals surface area (Å²) in [6, 6.07) is 6.64. The van der Waals surface area contributed by atoms with Gasteiger partial charge in [0.1, 0.15) is 11.5 Å². The van der Waals surface area contributed by atoms with Crippen molar-refractivity contribution in [1.82, 2.24) is 34.9 Å². The largest absolute Gasteiger partial charge is 0.354 e. The zero-order chi connectivity index (χ0) is 20.8. The summed E-state index contributed by atoms with van der Waals surface area (Å²) < 4.78 is 2.95. The number of anilines is 1. The van der Waals surface area contributed by atoms with Crippen LogP contribution >= 0.6 is 0 Å². The van der Waals surface area contributed by atoms with Crippen LogP contribution in [-0.4, -0.2) is 55.1 Å². The average Bonchev–Trinajstić information content (AvgIpc) is 3.06. The quantitative estimate of drug-likeness (QED) is 0.679. The van der Waals surface area contributed by atoms with Crippen molar-refractivity contribution >= 4 is 17.4 Å². The maximum absolute atomic E-state index is 12.2. The third-order valence-electron chi connectivity index (χ3n) is 4.95. The van der Waals surface area contributed by atoms with Crippen LogP contribution in [0.15, 0.2) is 29.1 Å². The molecule has 1 aliphatic heterocycles. The van der Waals surface area contributed by atoms with Gasteiger partial charge < -0.3 is 10.2 Å². The molecule has 29 heavy (non-hydrogen) atoms. The first-order valence-electron chi connectivity index (χ1n) is 9.53. The van der Waals surface area contributed by atoms with E-state index >= 15 is 0 Å². The van der Waals surface area contributed by atoms with Crippen LogP contribution in [0.2, 0.25) is 0 Å². The molecule has 4 rings (SSSR count). The molecular weight excluding hydrogens is 372 g/mol. The Labute approximate surface area is 167 Å². The number of hydrogen-bond acceptors (Lipinski definition) is 7. The first-order chi connectivity index (χ1) is 13.7. The Hall–Kier alpha value is -3.30. The van der Waals surface area contributed by atoms with Crippen LogP contribution in [0.4, 0.5) is 5.82 Å². The van der Waals surface area contributed by atoms with Crippen LogP contribution in [0.3, 0.4) is 0 Å². The molecule has 0 bridgehead atoms. The van der Waals surface area contributed by atoms with E-state index in [1.807, 2.05) is 12.1 Å². The van der Waals surface area contributed by atoms with Crippen molar-refractivity contribution in [2.24, 2.45) is 13.0 Å². The van der Waals surface area contributed by atoms with E-state index in [-0.39, 0.29) is 22.6 Å². The lowest BCUT2D eigenvalue weighted by molar-refractivity contribution is 0.0937. The number of carbonyl (C=O) groups excluding carboxylic acids is 1. The van der Waals surface area contributed by atoms with Crippen molar-refractivity contribution < 1.29 is 4.79 Å². The Kier molecular flexibility index (Phi) is 4.56. The predicted molar refractivity (Wildman–Crippen MR) is 107 cm³/mol. The van der Waals surface area contributed by atoms with Crippen LogP contribution in [0.5, 0.6) is 0 Å². The number of fused-ring (bicyclic) bond motifs is 1. The van der Waals surface area contributed by atoms with E-state index in [4.69, 9.17) is 5.10 Å². The molecule has 0 aliphatic carbocycles. The molecule has 1 aliphatic rings. The third kappa shape index (κ3) is 3.69. The van der Waals surface area contributed by atoms with Gasteiger partial charge in [-0.25, -0.2) is 4.68 Å². The monoisotopic (exact) mass is 396 g/mol. The Morgan fingerprint density at radius 1 is 1.14 bits per heavy atom. The van der Waals surface area contributed by atoms with Crippen molar-refractivity contribution in [1.29, 1.82) is 0 Å². The number of nitrogens with zero attached hydrogens (tertiary/aromatic N) is 7. The van der Waals surface area contributed by atoms with Gasteiger partial charge in [-0.1, -0.05) is 20.8 Å². The Balaban J connectivity index is 1.37. The highest BCUT2D eigenvalue weighted by atomic mass is 16.2. The first kappa shape index (κ1) is 19.0. The number of nitrogens with one attached hydrogen (secondary N) is 1. The summed E-state index contributed by atoms with van der Waals surface area (Å²) >= 11 is 0. The molecule has 1 N–H and O–H groups in total. The van der Waals surface area contributed by atoms with E-state index in [9.17, 15) is 9.59 Å². The molecule has 4 heterocycles.